The number of hydrogen-bond acceptors (Lipinski definition) is 5. The highest BCUT2D eigenvalue weighted by Crippen LogP contribution is 2.36. The van der Waals surface area contributed by atoms with Gasteiger partial charge in [-0.25, -0.2) is 15.0 Å². The van der Waals surface area contributed by atoms with Gasteiger partial charge in [0.05, 0.1) is 5.75 Å². The standard InChI is InChI=1S/C17H14N4S2/c1-21-8-7-18-15(21)10-22-16-13-9-14(12-5-3-2-4-6-12)23-17(13)20-11-19-16/h2-9,11H,10H2,1H3. The number of rotatable bonds is 4. The van der Waals surface area contributed by atoms with Crippen LogP contribution < -0.4 is 0 Å². The molecule has 0 saturated carbocycles. The first-order valence-corrected chi connectivity index (χ1v) is 9.00. The van der Waals surface area contributed by atoms with Crippen LogP contribution in [0.15, 0.2) is 60.1 Å². The first kappa shape index (κ1) is 14.4. The number of fused-ring (bicyclic) bond motifs is 1. The van der Waals surface area contributed by atoms with E-state index >= 15 is 0 Å². The summed E-state index contributed by atoms with van der Waals surface area (Å²) in [4.78, 5) is 15.5. The minimum Gasteiger partial charge on any atom is -0.337 e. The minimum atomic E-state index is 0.798. The average molecular weight is 338 g/mol. The molecule has 0 aliphatic rings. The van der Waals surface area contributed by atoms with E-state index in [1.807, 2.05) is 30.1 Å². The number of nitrogens with zero attached hydrogens (tertiary/aromatic N) is 4. The lowest BCUT2D eigenvalue weighted by atomic mass is 10.2. The van der Waals surface area contributed by atoms with Crippen LogP contribution in [0, 0.1) is 0 Å². The van der Waals surface area contributed by atoms with Crippen molar-refractivity contribution in [3.05, 3.63) is 60.9 Å². The molecule has 3 heterocycles. The highest BCUT2D eigenvalue weighted by molar-refractivity contribution is 7.98. The molecule has 23 heavy (non-hydrogen) atoms. The van der Waals surface area contributed by atoms with Crippen molar-refractivity contribution in [2.75, 3.05) is 0 Å². The monoisotopic (exact) mass is 338 g/mol. The predicted octanol–water partition coefficient (Wildman–Crippen LogP) is 4.38. The first-order chi connectivity index (χ1) is 11.3. The van der Waals surface area contributed by atoms with Gasteiger partial charge in [0.2, 0.25) is 0 Å². The topological polar surface area (TPSA) is 43.6 Å². The Morgan fingerprint density at radius 1 is 1.13 bits per heavy atom. The summed E-state index contributed by atoms with van der Waals surface area (Å²) in [5.41, 5.74) is 1.22. The van der Waals surface area contributed by atoms with Crippen molar-refractivity contribution < 1.29 is 0 Å². The molecule has 0 aliphatic carbocycles. The second-order valence-electron chi connectivity index (χ2n) is 5.12. The van der Waals surface area contributed by atoms with Crippen LogP contribution in [0.2, 0.25) is 0 Å². The Bertz CT molecular complexity index is 944. The van der Waals surface area contributed by atoms with E-state index in [1.165, 1.54) is 10.4 Å². The molecule has 0 amide bonds. The highest BCUT2D eigenvalue weighted by Gasteiger charge is 2.11. The average Bonchev–Trinajstić information content (AvgIpc) is 3.20. The Kier molecular flexibility index (Phi) is 3.85. The fourth-order valence-corrected chi connectivity index (χ4v) is 4.41. The zero-order chi connectivity index (χ0) is 15.6. The van der Waals surface area contributed by atoms with E-state index in [0.717, 1.165) is 26.8 Å². The van der Waals surface area contributed by atoms with Crippen LogP contribution in [-0.2, 0) is 12.8 Å². The molecule has 4 rings (SSSR count). The summed E-state index contributed by atoms with van der Waals surface area (Å²) in [6.45, 7) is 0. The summed E-state index contributed by atoms with van der Waals surface area (Å²) in [5.74, 6) is 1.84. The van der Waals surface area contributed by atoms with E-state index in [2.05, 4.69) is 45.3 Å². The van der Waals surface area contributed by atoms with Crippen molar-refractivity contribution in [3.63, 3.8) is 0 Å². The van der Waals surface area contributed by atoms with Gasteiger partial charge in [-0.1, -0.05) is 42.1 Å². The van der Waals surface area contributed by atoms with Gasteiger partial charge in [0, 0.05) is 29.7 Å². The van der Waals surface area contributed by atoms with Crippen LogP contribution in [-0.4, -0.2) is 19.5 Å². The summed E-state index contributed by atoms with van der Waals surface area (Å²) < 4.78 is 2.04. The fourth-order valence-electron chi connectivity index (χ4n) is 2.36. The van der Waals surface area contributed by atoms with Gasteiger partial charge < -0.3 is 4.57 Å². The molecule has 0 atom stereocenters. The van der Waals surface area contributed by atoms with Crippen molar-refractivity contribution in [2.24, 2.45) is 7.05 Å². The van der Waals surface area contributed by atoms with Gasteiger partial charge in [0.15, 0.2) is 0 Å². The summed E-state index contributed by atoms with van der Waals surface area (Å²) >= 11 is 3.41. The van der Waals surface area contributed by atoms with Gasteiger partial charge in [0.25, 0.3) is 0 Å². The van der Waals surface area contributed by atoms with E-state index in [9.17, 15) is 0 Å². The van der Waals surface area contributed by atoms with Crippen LogP contribution in [0.4, 0.5) is 0 Å². The molecule has 0 bridgehead atoms. The second-order valence-corrected chi connectivity index (χ2v) is 7.11. The van der Waals surface area contributed by atoms with Crippen LogP contribution in [0.25, 0.3) is 20.7 Å². The number of hydrogen-bond donors (Lipinski definition) is 0. The first-order valence-electron chi connectivity index (χ1n) is 7.20. The normalized spacial score (nSPS) is 11.2. The van der Waals surface area contributed by atoms with E-state index in [0.29, 0.717) is 0 Å². The quantitative estimate of drug-likeness (QED) is 0.409. The molecule has 0 unspecified atom stereocenters. The minimum absolute atomic E-state index is 0.798. The van der Waals surface area contributed by atoms with Gasteiger partial charge in [-0.2, -0.15) is 0 Å². The Balaban J connectivity index is 1.68. The Hall–Kier alpha value is -2.18. The van der Waals surface area contributed by atoms with Crippen LogP contribution in [0.3, 0.4) is 0 Å². The fraction of sp³-hybridized carbons (Fsp3) is 0.118. The SMILES string of the molecule is Cn1ccnc1CSc1ncnc2sc(-c3ccccc3)cc12. The van der Waals surface area contributed by atoms with Crippen LogP contribution in [0.5, 0.6) is 0 Å². The third-order valence-corrected chi connectivity index (χ3v) is 5.70. The maximum absolute atomic E-state index is 4.46. The van der Waals surface area contributed by atoms with Crippen molar-refractivity contribution >= 4 is 33.3 Å². The number of thiophene rings is 1. The number of benzene rings is 1. The Morgan fingerprint density at radius 2 is 2.00 bits per heavy atom. The molecule has 0 saturated heterocycles. The number of aromatic nitrogens is 4. The molecule has 6 heteroatoms. The summed E-state index contributed by atoms with van der Waals surface area (Å²) in [5, 5.41) is 2.13. The molecule has 0 N–H and O–H groups in total. The molecule has 4 aromatic rings. The van der Waals surface area contributed by atoms with E-state index in [-0.39, 0.29) is 0 Å². The maximum atomic E-state index is 4.46. The summed E-state index contributed by atoms with van der Waals surface area (Å²) in [6, 6.07) is 12.6. The van der Waals surface area contributed by atoms with Crippen molar-refractivity contribution in [1.82, 2.24) is 19.5 Å². The van der Waals surface area contributed by atoms with Gasteiger partial charge >= 0.3 is 0 Å². The molecule has 0 fully saturated rings. The molecule has 114 valence electrons. The third-order valence-electron chi connectivity index (χ3n) is 3.61. The molecule has 3 aromatic heterocycles. The van der Waals surface area contributed by atoms with E-state index in [1.54, 1.807) is 29.4 Å². The molecular weight excluding hydrogens is 324 g/mol. The van der Waals surface area contributed by atoms with Crippen molar-refractivity contribution in [2.45, 2.75) is 10.8 Å². The van der Waals surface area contributed by atoms with Crippen LogP contribution >= 0.6 is 23.1 Å². The molecular formula is C17H14N4S2. The van der Waals surface area contributed by atoms with E-state index < -0.39 is 0 Å². The van der Waals surface area contributed by atoms with Crippen molar-refractivity contribution in [3.8, 4) is 10.4 Å². The number of imidazole rings is 1. The number of aryl methyl sites for hydroxylation is 1. The number of thioether (sulfide) groups is 1. The van der Waals surface area contributed by atoms with Crippen LogP contribution in [0.1, 0.15) is 5.82 Å². The van der Waals surface area contributed by atoms with Gasteiger partial charge in [-0.3, -0.25) is 0 Å². The predicted molar refractivity (Wildman–Crippen MR) is 95.6 cm³/mol. The molecule has 0 aliphatic heterocycles. The third kappa shape index (κ3) is 2.87. The smallest absolute Gasteiger partial charge is 0.128 e. The molecule has 0 spiro atoms. The lowest BCUT2D eigenvalue weighted by Gasteiger charge is -2.02. The van der Waals surface area contributed by atoms with Gasteiger partial charge in [-0.15, -0.1) is 11.3 Å². The Labute approximate surface area is 142 Å². The highest BCUT2D eigenvalue weighted by atomic mass is 32.2. The summed E-state index contributed by atoms with van der Waals surface area (Å²) in [6.07, 6.45) is 5.43. The van der Waals surface area contributed by atoms with Gasteiger partial charge in [0.1, 0.15) is 22.0 Å². The van der Waals surface area contributed by atoms with E-state index in [4.69, 9.17) is 0 Å². The molecule has 4 nitrogen and oxygen atoms in total. The van der Waals surface area contributed by atoms with Gasteiger partial charge in [-0.05, 0) is 11.6 Å². The molecule has 0 radical (unpaired) electrons. The zero-order valence-electron chi connectivity index (χ0n) is 12.5. The lowest BCUT2D eigenvalue weighted by molar-refractivity contribution is 0.849. The maximum Gasteiger partial charge on any atom is 0.128 e. The lowest BCUT2D eigenvalue weighted by Crippen LogP contribution is -1.95. The largest absolute Gasteiger partial charge is 0.337 e. The molecule has 1 aromatic carbocycles. The zero-order valence-corrected chi connectivity index (χ0v) is 14.1. The Morgan fingerprint density at radius 3 is 2.78 bits per heavy atom. The second kappa shape index (κ2) is 6.14. The van der Waals surface area contributed by atoms with Crippen molar-refractivity contribution in [1.29, 1.82) is 0 Å². The summed E-state index contributed by atoms with van der Waals surface area (Å²) in [7, 11) is 2.01.